The van der Waals surface area contributed by atoms with E-state index in [1.165, 1.54) is 14.8 Å². The van der Waals surface area contributed by atoms with E-state index in [9.17, 15) is 5.26 Å². The van der Waals surface area contributed by atoms with Crippen molar-refractivity contribution in [3.05, 3.63) is 139 Å². The predicted octanol–water partition coefficient (Wildman–Crippen LogP) is 10.7. The SMILES string of the molecule is N#Cc1ccc(-c2ccc3c(oc4ccccc43)c2-c2nc(-c3ccccc3)nc(-c3cccc4sc5ccccc5c34)n2)cc1. The van der Waals surface area contributed by atoms with Crippen LogP contribution in [0.25, 0.3) is 87.4 Å². The van der Waals surface area contributed by atoms with Crippen molar-refractivity contribution >= 4 is 53.4 Å². The second-order valence-corrected chi connectivity index (χ2v) is 12.2. The van der Waals surface area contributed by atoms with E-state index in [0.29, 0.717) is 28.6 Å². The number of benzene rings is 6. The molecule has 0 bridgehead atoms. The Hall–Kier alpha value is -6.16. The van der Waals surface area contributed by atoms with Crippen LogP contribution < -0.4 is 0 Å². The molecular formula is C40H22N4OS. The van der Waals surface area contributed by atoms with Gasteiger partial charge in [-0.2, -0.15) is 5.26 Å². The Morgan fingerprint density at radius 1 is 0.522 bits per heavy atom. The molecule has 0 unspecified atom stereocenters. The molecule has 0 radical (unpaired) electrons. The first kappa shape index (κ1) is 26.3. The Kier molecular flexibility index (Phi) is 5.98. The molecule has 6 heteroatoms. The van der Waals surface area contributed by atoms with E-state index in [-0.39, 0.29) is 0 Å². The fourth-order valence-corrected chi connectivity index (χ4v) is 7.39. The summed E-state index contributed by atoms with van der Waals surface area (Å²) < 4.78 is 9.00. The van der Waals surface area contributed by atoms with E-state index in [1.807, 2.05) is 72.8 Å². The van der Waals surface area contributed by atoms with Crippen molar-refractivity contribution in [3.63, 3.8) is 0 Å². The number of hydrogen-bond acceptors (Lipinski definition) is 6. The smallest absolute Gasteiger partial charge is 0.168 e. The minimum absolute atomic E-state index is 0.518. The van der Waals surface area contributed by atoms with Crippen molar-refractivity contribution in [2.75, 3.05) is 0 Å². The molecule has 3 heterocycles. The molecule has 0 saturated carbocycles. The molecule has 9 aromatic rings. The predicted molar refractivity (Wildman–Crippen MR) is 186 cm³/mol. The quantitative estimate of drug-likeness (QED) is 0.199. The second kappa shape index (κ2) is 10.5. The monoisotopic (exact) mass is 606 g/mol. The van der Waals surface area contributed by atoms with Gasteiger partial charge in [0.05, 0.1) is 17.2 Å². The lowest BCUT2D eigenvalue weighted by molar-refractivity contribution is 0.669. The average molecular weight is 607 g/mol. The maximum absolute atomic E-state index is 9.47. The summed E-state index contributed by atoms with van der Waals surface area (Å²) in [7, 11) is 0. The number of furan rings is 1. The highest BCUT2D eigenvalue weighted by atomic mass is 32.1. The average Bonchev–Trinajstić information content (AvgIpc) is 3.70. The van der Waals surface area contributed by atoms with Crippen LogP contribution in [0.1, 0.15) is 5.56 Å². The Bertz CT molecular complexity index is 2650. The van der Waals surface area contributed by atoms with Crippen LogP contribution in [0.4, 0.5) is 0 Å². The number of fused-ring (bicyclic) bond motifs is 6. The Balaban J connectivity index is 1.39. The highest BCUT2D eigenvalue weighted by Crippen LogP contribution is 2.43. The molecule has 0 atom stereocenters. The van der Waals surface area contributed by atoms with Gasteiger partial charge in [-0.05, 0) is 47.5 Å². The van der Waals surface area contributed by atoms with E-state index in [4.69, 9.17) is 19.4 Å². The number of nitrogens with zero attached hydrogens (tertiary/aromatic N) is 4. The van der Waals surface area contributed by atoms with E-state index in [0.717, 1.165) is 49.6 Å². The summed E-state index contributed by atoms with van der Waals surface area (Å²) in [6.07, 6.45) is 0. The topological polar surface area (TPSA) is 75.6 Å². The molecule has 3 aromatic heterocycles. The normalized spacial score (nSPS) is 11.5. The molecule has 214 valence electrons. The maximum atomic E-state index is 9.47. The third kappa shape index (κ3) is 4.18. The van der Waals surface area contributed by atoms with Crippen molar-refractivity contribution in [1.82, 2.24) is 15.0 Å². The van der Waals surface area contributed by atoms with E-state index >= 15 is 0 Å². The van der Waals surface area contributed by atoms with Crippen molar-refractivity contribution in [3.8, 4) is 51.4 Å². The van der Waals surface area contributed by atoms with Crippen LogP contribution in [0.3, 0.4) is 0 Å². The van der Waals surface area contributed by atoms with Gasteiger partial charge in [-0.15, -0.1) is 11.3 Å². The van der Waals surface area contributed by atoms with Gasteiger partial charge in [0.1, 0.15) is 11.2 Å². The highest BCUT2D eigenvalue weighted by Gasteiger charge is 2.23. The third-order valence-corrected chi connectivity index (χ3v) is 9.54. The van der Waals surface area contributed by atoms with Gasteiger partial charge >= 0.3 is 0 Å². The van der Waals surface area contributed by atoms with Gasteiger partial charge < -0.3 is 4.42 Å². The molecule has 46 heavy (non-hydrogen) atoms. The number of nitriles is 1. The number of rotatable bonds is 4. The molecule has 0 aliphatic heterocycles. The lowest BCUT2D eigenvalue weighted by Gasteiger charge is -2.13. The van der Waals surface area contributed by atoms with Crippen molar-refractivity contribution in [2.24, 2.45) is 0 Å². The molecule has 9 rings (SSSR count). The van der Waals surface area contributed by atoms with Crippen LogP contribution in [0, 0.1) is 11.3 Å². The van der Waals surface area contributed by atoms with Gasteiger partial charge in [0, 0.05) is 42.1 Å². The van der Waals surface area contributed by atoms with Crippen molar-refractivity contribution in [2.45, 2.75) is 0 Å². The molecule has 6 aromatic carbocycles. The zero-order valence-electron chi connectivity index (χ0n) is 24.3. The van der Waals surface area contributed by atoms with Crippen LogP contribution >= 0.6 is 11.3 Å². The number of thiophene rings is 1. The van der Waals surface area contributed by atoms with Gasteiger partial charge in [0.15, 0.2) is 17.5 Å². The van der Waals surface area contributed by atoms with E-state index < -0.39 is 0 Å². The van der Waals surface area contributed by atoms with Crippen molar-refractivity contribution in [1.29, 1.82) is 5.26 Å². The molecule has 0 N–H and O–H groups in total. The molecule has 0 amide bonds. The summed E-state index contributed by atoms with van der Waals surface area (Å²) in [5.74, 6) is 1.69. The fraction of sp³-hybridized carbons (Fsp3) is 0. The number of hydrogen-bond donors (Lipinski definition) is 0. The molecule has 5 nitrogen and oxygen atoms in total. The van der Waals surface area contributed by atoms with Crippen LogP contribution in [-0.2, 0) is 0 Å². The van der Waals surface area contributed by atoms with Crippen LogP contribution in [0.5, 0.6) is 0 Å². The fourth-order valence-electron chi connectivity index (χ4n) is 6.26. The Labute approximate surface area is 267 Å². The summed E-state index contributed by atoms with van der Waals surface area (Å²) in [6.45, 7) is 0. The van der Waals surface area contributed by atoms with Gasteiger partial charge in [-0.1, -0.05) is 97.1 Å². The van der Waals surface area contributed by atoms with Gasteiger partial charge in [-0.3, -0.25) is 0 Å². The summed E-state index contributed by atoms with van der Waals surface area (Å²) in [6, 6.07) is 46.9. The van der Waals surface area contributed by atoms with Gasteiger partial charge in [0.25, 0.3) is 0 Å². The zero-order chi connectivity index (χ0) is 30.6. The second-order valence-electron chi connectivity index (χ2n) is 11.1. The van der Waals surface area contributed by atoms with Gasteiger partial charge in [-0.25, -0.2) is 15.0 Å². The first-order chi connectivity index (χ1) is 22.7. The Morgan fingerprint density at radius 3 is 2.09 bits per heavy atom. The van der Waals surface area contributed by atoms with E-state index in [2.05, 4.69) is 66.7 Å². The Morgan fingerprint density at radius 2 is 1.24 bits per heavy atom. The molecule has 0 fully saturated rings. The minimum Gasteiger partial charge on any atom is -0.455 e. The van der Waals surface area contributed by atoms with Crippen molar-refractivity contribution < 1.29 is 4.42 Å². The summed E-state index contributed by atoms with van der Waals surface area (Å²) in [5.41, 5.74) is 6.57. The molecule has 0 aliphatic carbocycles. The largest absolute Gasteiger partial charge is 0.455 e. The van der Waals surface area contributed by atoms with Crippen LogP contribution in [0.15, 0.2) is 138 Å². The highest BCUT2D eigenvalue weighted by molar-refractivity contribution is 7.25. The molecular weight excluding hydrogens is 585 g/mol. The number of aromatic nitrogens is 3. The van der Waals surface area contributed by atoms with Gasteiger partial charge in [0.2, 0.25) is 0 Å². The first-order valence-electron chi connectivity index (χ1n) is 14.9. The summed E-state index contributed by atoms with van der Waals surface area (Å²) >= 11 is 1.77. The van der Waals surface area contributed by atoms with Crippen LogP contribution in [0.2, 0.25) is 0 Å². The summed E-state index contributed by atoms with van der Waals surface area (Å²) in [4.78, 5) is 15.5. The lowest BCUT2D eigenvalue weighted by Crippen LogP contribution is -2.01. The number of para-hydroxylation sites is 1. The van der Waals surface area contributed by atoms with E-state index in [1.54, 1.807) is 11.3 Å². The zero-order valence-corrected chi connectivity index (χ0v) is 25.1. The lowest BCUT2D eigenvalue weighted by atomic mass is 9.95. The molecule has 0 spiro atoms. The summed E-state index contributed by atoms with van der Waals surface area (Å²) in [5, 5.41) is 13.8. The maximum Gasteiger partial charge on any atom is 0.168 e. The molecule has 0 aliphatic rings. The molecule has 0 saturated heterocycles. The first-order valence-corrected chi connectivity index (χ1v) is 15.7. The minimum atomic E-state index is 0.518. The van der Waals surface area contributed by atoms with Crippen LogP contribution in [-0.4, -0.2) is 15.0 Å². The third-order valence-electron chi connectivity index (χ3n) is 8.41. The standard InChI is InChI=1S/C40H22N4OS/c41-23-24-17-19-25(20-18-24)27-21-22-29-28-11-4-6-14-32(28)45-37(29)36(27)40-43-38(26-9-2-1-3-10-26)42-39(44-40)31-13-8-16-34-35(31)30-12-5-7-15-33(30)46-34/h1-22H.